The van der Waals surface area contributed by atoms with Crippen molar-refractivity contribution in [1.82, 2.24) is 0 Å². The highest BCUT2D eigenvalue weighted by atomic mass is 16.5. The fourth-order valence-corrected chi connectivity index (χ4v) is 2.32. The molecule has 1 aliphatic heterocycles. The molecule has 2 amide bonds. The number of esters is 1. The van der Waals surface area contributed by atoms with Crippen molar-refractivity contribution in [2.75, 3.05) is 23.9 Å². The second-order valence-corrected chi connectivity index (χ2v) is 5.62. The summed E-state index contributed by atoms with van der Waals surface area (Å²) in [7, 11) is 1.32. The zero-order valence-electron chi connectivity index (χ0n) is 13.0. The molecule has 0 bridgehead atoms. The third-order valence-corrected chi connectivity index (χ3v) is 3.61. The monoisotopic (exact) mass is 304 g/mol. The maximum Gasteiger partial charge on any atom is 0.311 e. The van der Waals surface area contributed by atoms with E-state index in [9.17, 15) is 14.4 Å². The van der Waals surface area contributed by atoms with Crippen LogP contribution in [0.2, 0.25) is 0 Å². The predicted molar refractivity (Wildman–Crippen MR) is 82.4 cm³/mol. The molecule has 1 heterocycles. The van der Waals surface area contributed by atoms with Crippen LogP contribution < -0.4 is 10.2 Å². The lowest BCUT2D eigenvalue weighted by Gasteiger charge is -2.18. The molecule has 0 aliphatic carbocycles. The topological polar surface area (TPSA) is 75.7 Å². The van der Waals surface area contributed by atoms with Gasteiger partial charge < -0.3 is 15.0 Å². The van der Waals surface area contributed by atoms with Crippen LogP contribution in [-0.2, 0) is 19.1 Å². The minimum absolute atomic E-state index is 0.0858. The normalized spacial score (nSPS) is 17.7. The lowest BCUT2D eigenvalue weighted by molar-refractivity contribution is -0.145. The standard InChI is InChI=1S/C16H20N2O4/c1-10(2)15(20)17-12-5-4-6-13(8-12)18-9-11(7-14(18)19)16(21)22-3/h4-6,8,10-11H,7,9H2,1-3H3,(H,17,20)/t11-/m0/s1. The summed E-state index contributed by atoms with van der Waals surface area (Å²) in [5.74, 6) is -1.15. The van der Waals surface area contributed by atoms with Crippen molar-refractivity contribution in [3.63, 3.8) is 0 Å². The Bertz CT molecular complexity index is 598. The number of nitrogens with one attached hydrogen (secondary N) is 1. The van der Waals surface area contributed by atoms with Crippen LogP contribution in [0.25, 0.3) is 0 Å². The van der Waals surface area contributed by atoms with Gasteiger partial charge in [0.25, 0.3) is 0 Å². The molecule has 0 saturated carbocycles. The van der Waals surface area contributed by atoms with Crippen LogP contribution >= 0.6 is 0 Å². The van der Waals surface area contributed by atoms with Gasteiger partial charge in [-0.1, -0.05) is 19.9 Å². The largest absolute Gasteiger partial charge is 0.469 e. The maximum atomic E-state index is 12.1. The number of methoxy groups -OCH3 is 1. The van der Waals surface area contributed by atoms with Crippen molar-refractivity contribution in [3.05, 3.63) is 24.3 Å². The van der Waals surface area contributed by atoms with Crippen molar-refractivity contribution in [2.24, 2.45) is 11.8 Å². The molecule has 0 spiro atoms. The van der Waals surface area contributed by atoms with Crippen molar-refractivity contribution in [2.45, 2.75) is 20.3 Å². The number of hydrogen-bond donors (Lipinski definition) is 1. The second kappa shape index (κ2) is 6.60. The summed E-state index contributed by atoms with van der Waals surface area (Å²) in [6, 6.07) is 7.05. The summed E-state index contributed by atoms with van der Waals surface area (Å²) in [5, 5.41) is 2.80. The number of anilines is 2. The van der Waals surface area contributed by atoms with E-state index in [4.69, 9.17) is 4.74 Å². The summed E-state index contributed by atoms with van der Waals surface area (Å²) in [5.41, 5.74) is 1.29. The van der Waals surface area contributed by atoms with E-state index in [1.54, 1.807) is 29.2 Å². The molecule has 2 rings (SSSR count). The zero-order chi connectivity index (χ0) is 16.3. The van der Waals surface area contributed by atoms with Gasteiger partial charge in [-0.3, -0.25) is 14.4 Å². The highest BCUT2D eigenvalue weighted by Gasteiger charge is 2.35. The molecule has 1 aromatic carbocycles. The number of rotatable bonds is 4. The first-order chi connectivity index (χ1) is 10.4. The Labute approximate surface area is 129 Å². The van der Waals surface area contributed by atoms with Gasteiger partial charge >= 0.3 is 5.97 Å². The zero-order valence-corrected chi connectivity index (χ0v) is 13.0. The molecule has 6 nitrogen and oxygen atoms in total. The SMILES string of the molecule is COC(=O)[C@H]1CC(=O)N(c2cccc(NC(=O)C(C)C)c2)C1. The van der Waals surface area contributed by atoms with E-state index in [2.05, 4.69) is 5.32 Å². The van der Waals surface area contributed by atoms with Crippen LogP contribution in [0.5, 0.6) is 0 Å². The van der Waals surface area contributed by atoms with Gasteiger partial charge in [0.1, 0.15) is 0 Å². The van der Waals surface area contributed by atoms with Gasteiger partial charge in [-0.15, -0.1) is 0 Å². The lowest BCUT2D eigenvalue weighted by atomic mass is 10.1. The molecule has 1 fully saturated rings. The average molecular weight is 304 g/mol. The fourth-order valence-electron chi connectivity index (χ4n) is 2.32. The molecule has 1 aliphatic rings. The number of hydrogen-bond acceptors (Lipinski definition) is 4. The molecular formula is C16H20N2O4. The molecule has 1 N–H and O–H groups in total. The molecule has 0 unspecified atom stereocenters. The Hall–Kier alpha value is -2.37. The first kappa shape index (κ1) is 16.0. The average Bonchev–Trinajstić information content (AvgIpc) is 2.88. The molecule has 0 aromatic heterocycles. The Morgan fingerprint density at radius 1 is 1.36 bits per heavy atom. The van der Waals surface area contributed by atoms with Crippen molar-refractivity contribution >= 4 is 29.2 Å². The van der Waals surface area contributed by atoms with Crippen LogP contribution in [0.3, 0.4) is 0 Å². The number of amides is 2. The summed E-state index contributed by atoms with van der Waals surface area (Å²) in [4.78, 5) is 36.9. The first-order valence-corrected chi connectivity index (χ1v) is 7.21. The van der Waals surface area contributed by atoms with Gasteiger partial charge in [0.05, 0.1) is 13.0 Å². The summed E-state index contributed by atoms with van der Waals surface area (Å²) in [6.45, 7) is 3.92. The van der Waals surface area contributed by atoms with Crippen molar-refractivity contribution < 1.29 is 19.1 Å². The van der Waals surface area contributed by atoms with Gasteiger partial charge in [0.2, 0.25) is 11.8 Å². The van der Waals surface area contributed by atoms with Crippen LogP contribution in [0.4, 0.5) is 11.4 Å². The van der Waals surface area contributed by atoms with E-state index in [0.29, 0.717) is 17.9 Å². The first-order valence-electron chi connectivity index (χ1n) is 7.21. The van der Waals surface area contributed by atoms with Gasteiger partial charge in [-0.2, -0.15) is 0 Å². The third kappa shape index (κ3) is 3.44. The quantitative estimate of drug-likeness (QED) is 0.861. The van der Waals surface area contributed by atoms with Gasteiger partial charge in [-0.25, -0.2) is 0 Å². The van der Waals surface area contributed by atoms with Crippen LogP contribution in [0.15, 0.2) is 24.3 Å². The number of ether oxygens (including phenoxy) is 1. The van der Waals surface area contributed by atoms with E-state index < -0.39 is 5.92 Å². The molecule has 1 saturated heterocycles. The van der Waals surface area contributed by atoms with Crippen molar-refractivity contribution in [3.8, 4) is 0 Å². The maximum absolute atomic E-state index is 12.1. The lowest BCUT2D eigenvalue weighted by Crippen LogP contribution is -2.26. The minimum atomic E-state index is -0.439. The highest BCUT2D eigenvalue weighted by molar-refractivity contribution is 6.00. The van der Waals surface area contributed by atoms with Gasteiger partial charge in [0, 0.05) is 30.3 Å². The van der Waals surface area contributed by atoms with E-state index >= 15 is 0 Å². The number of benzene rings is 1. The van der Waals surface area contributed by atoms with Gasteiger partial charge in [0.15, 0.2) is 0 Å². The Morgan fingerprint density at radius 2 is 2.09 bits per heavy atom. The molecule has 1 atom stereocenters. The van der Waals surface area contributed by atoms with Crippen LogP contribution in [0, 0.1) is 11.8 Å². The molecule has 0 radical (unpaired) electrons. The number of nitrogens with zero attached hydrogens (tertiary/aromatic N) is 1. The predicted octanol–water partition coefficient (Wildman–Crippen LogP) is 1.81. The molecule has 1 aromatic rings. The fraction of sp³-hybridized carbons (Fsp3) is 0.438. The summed E-state index contributed by atoms with van der Waals surface area (Å²) < 4.78 is 4.69. The minimum Gasteiger partial charge on any atom is -0.469 e. The summed E-state index contributed by atoms with van der Waals surface area (Å²) in [6.07, 6.45) is 0.148. The molecular weight excluding hydrogens is 284 g/mol. The Balaban J connectivity index is 2.14. The van der Waals surface area contributed by atoms with Gasteiger partial charge in [-0.05, 0) is 18.2 Å². The summed E-state index contributed by atoms with van der Waals surface area (Å²) >= 11 is 0. The molecule has 118 valence electrons. The van der Waals surface area contributed by atoms with Crippen LogP contribution in [0.1, 0.15) is 20.3 Å². The van der Waals surface area contributed by atoms with Crippen molar-refractivity contribution in [1.29, 1.82) is 0 Å². The van der Waals surface area contributed by atoms with E-state index in [1.807, 2.05) is 13.8 Å². The van der Waals surface area contributed by atoms with Crippen LogP contribution in [-0.4, -0.2) is 31.4 Å². The Kier molecular flexibility index (Phi) is 4.80. The number of carbonyl (C=O) groups is 3. The molecule has 6 heteroatoms. The molecule has 22 heavy (non-hydrogen) atoms. The van der Waals surface area contributed by atoms with E-state index in [1.165, 1.54) is 7.11 Å². The van der Waals surface area contributed by atoms with E-state index in [-0.39, 0.29) is 30.1 Å². The smallest absolute Gasteiger partial charge is 0.311 e. The second-order valence-electron chi connectivity index (χ2n) is 5.62. The number of carbonyl (C=O) groups excluding carboxylic acids is 3. The third-order valence-electron chi connectivity index (χ3n) is 3.61. The highest BCUT2D eigenvalue weighted by Crippen LogP contribution is 2.27. The van der Waals surface area contributed by atoms with E-state index in [0.717, 1.165) is 0 Å². The Morgan fingerprint density at radius 3 is 2.73 bits per heavy atom.